The first-order valence-corrected chi connectivity index (χ1v) is 8.83. The summed E-state index contributed by atoms with van der Waals surface area (Å²) >= 11 is 0. The summed E-state index contributed by atoms with van der Waals surface area (Å²) in [5.74, 6) is -0.0514. The number of para-hydroxylation sites is 1. The third kappa shape index (κ3) is 3.39. The maximum Gasteiger partial charge on any atom is 0.433 e. The Morgan fingerprint density at radius 1 is 1.18 bits per heavy atom. The van der Waals surface area contributed by atoms with E-state index in [0.29, 0.717) is 31.5 Å². The third-order valence-electron chi connectivity index (χ3n) is 5.20. The zero-order valence-electron chi connectivity index (χ0n) is 14.8. The fourth-order valence-corrected chi connectivity index (χ4v) is 3.84. The van der Waals surface area contributed by atoms with Crippen LogP contribution < -0.4 is 0 Å². The second-order valence-electron chi connectivity index (χ2n) is 6.83. The highest BCUT2D eigenvalue weighted by Gasteiger charge is 2.41. The second kappa shape index (κ2) is 7.33. The van der Waals surface area contributed by atoms with Crippen LogP contribution in [0.15, 0.2) is 36.7 Å². The zero-order valence-corrected chi connectivity index (χ0v) is 14.8. The molecule has 0 aliphatic carbocycles. The lowest BCUT2D eigenvalue weighted by atomic mass is 10.0. The van der Waals surface area contributed by atoms with Crippen LogP contribution >= 0.6 is 0 Å². The molecule has 0 radical (unpaired) electrons. The Bertz CT molecular complexity index is 981. The third-order valence-corrected chi connectivity index (χ3v) is 5.20. The number of rotatable bonds is 2. The standard InChI is InChI=1S/C19H19F3N4O.CH4/c1-12(27)25-8-6-13(7-9-25)26-18(19(20,21)22)16(11-24-26)15-10-23-17-5-3-2-4-14(15)17;/h2-5,10-11,13,23H,6-9H2,1H3;1H4. The molecule has 0 unspecified atom stereocenters. The van der Waals surface area contributed by atoms with Crippen molar-refractivity contribution in [3.8, 4) is 11.1 Å². The van der Waals surface area contributed by atoms with Gasteiger partial charge in [-0.15, -0.1) is 0 Å². The van der Waals surface area contributed by atoms with E-state index in [9.17, 15) is 18.0 Å². The molecule has 1 saturated heterocycles. The van der Waals surface area contributed by atoms with Crippen LogP contribution in [0.3, 0.4) is 0 Å². The fraction of sp³-hybridized carbons (Fsp3) is 0.400. The van der Waals surface area contributed by atoms with E-state index in [4.69, 9.17) is 0 Å². The molecule has 3 heterocycles. The Hall–Kier alpha value is -2.77. The van der Waals surface area contributed by atoms with Crippen LogP contribution in [-0.2, 0) is 11.0 Å². The maximum absolute atomic E-state index is 14.0. The first kappa shape index (κ1) is 20.0. The molecular formula is C20H23F3N4O. The van der Waals surface area contributed by atoms with Gasteiger partial charge in [0, 0.05) is 48.2 Å². The molecule has 2 aromatic heterocycles. The number of carbonyl (C=O) groups excluding carboxylic acids is 1. The van der Waals surface area contributed by atoms with Crippen LogP contribution in [0.4, 0.5) is 13.2 Å². The number of fused-ring (bicyclic) bond motifs is 1. The van der Waals surface area contributed by atoms with E-state index in [1.54, 1.807) is 23.2 Å². The highest BCUT2D eigenvalue weighted by Crippen LogP contribution is 2.41. The molecule has 1 amide bonds. The smallest absolute Gasteiger partial charge is 0.361 e. The quantitative estimate of drug-likeness (QED) is 0.677. The summed E-state index contributed by atoms with van der Waals surface area (Å²) < 4.78 is 43.0. The fourth-order valence-electron chi connectivity index (χ4n) is 3.84. The first-order chi connectivity index (χ1) is 12.9. The normalized spacial score (nSPS) is 15.6. The van der Waals surface area contributed by atoms with Crippen LogP contribution in [0.1, 0.15) is 38.9 Å². The first-order valence-electron chi connectivity index (χ1n) is 8.83. The number of hydrogen-bond donors (Lipinski definition) is 1. The molecule has 1 aliphatic rings. The van der Waals surface area contributed by atoms with Gasteiger partial charge >= 0.3 is 6.18 Å². The van der Waals surface area contributed by atoms with E-state index in [-0.39, 0.29) is 24.9 Å². The number of nitrogens with zero attached hydrogens (tertiary/aromatic N) is 3. The summed E-state index contributed by atoms with van der Waals surface area (Å²) in [6.07, 6.45) is -0.716. The number of piperidine rings is 1. The number of alkyl halides is 3. The maximum atomic E-state index is 14.0. The molecule has 0 spiro atoms. The predicted molar refractivity (Wildman–Crippen MR) is 102 cm³/mol. The minimum Gasteiger partial charge on any atom is -0.361 e. The summed E-state index contributed by atoms with van der Waals surface area (Å²) in [4.78, 5) is 16.2. The lowest BCUT2D eigenvalue weighted by molar-refractivity contribution is -0.145. The molecular weight excluding hydrogens is 369 g/mol. The largest absolute Gasteiger partial charge is 0.433 e. The van der Waals surface area contributed by atoms with Gasteiger partial charge in [0.05, 0.1) is 12.2 Å². The molecule has 28 heavy (non-hydrogen) atoms. The summed E-state index contributed by atoms with van der Waals surface area (Å²) in [6.45, 7) is 2.36. The average molecular weight is 392 g/mol. The Morgan fingerprint density at radius 2 is 1.86 bits per heavy atom. The molecule has 0 atom stereocenters. The van der Waals surface area contributed by atoms with Gasteiger partial charge in [-0.25, -0.2) is 0 Å². The topological polar surface area (TPSA) is 53.9 Å². The Labute approximate surface area is 161 Å². The Kier molecular flexibility index (Phi) is 5.23. The van der Waals surface area contributed by atoms with Gasteiger partial charge in [0.15, 0.2) is 5.69 Å². The van der Waals surface area contributed by atoms with Crippen LogP contribution in [0.25, 0.3) is 22.0 Å². The van der Waals surface area contributed by atoms with Crippen LogP contribution in [-0.4, -0.2) is 38.7 Å². The molecule has 1 N–H and O–H groups in total. The second-order valence-corrected chi connectivity index (χ2v) is 6.83. The number of nitrogens with one attached hydrogen (secondary N) is 1. The van der Waals surface area contributed by atoms with Crippen molar-refractivity contribution in [1.29, 1.82) is 0 Å². The van der Waals surface area contributed by atoms with Gasteiger partial charge in [-0.05, 0) is 18.9 Å². The van der Waals surface area contributed by atoms with Crippen molar-refractivity contribution >= 4 is 16.8 Å². The lowest BCUT2D eigenvalue weighted by Gasteiger charge is -2.32. The lowest BCUT2D eigenvalue weighted by Crippen LogP contribution is -2.38. The van der Waals surface area contributed by atoms with Gasteiger partial charge in [0.2, 0.25) is 5.91 Å². The van der Waals surface area contributed by atoms with E-state index in [1.807, 2.05) is 12.1 Å². The number of hydrogen-bond acceptors (Lipinski definition) is 2. The number of likely N-dealkylation sites (tertiary alicyclic amines) is 1. The molecule has 8 heteroatoms. The van der Waals surface area contributed by atoms with E-state index < -0.39 is 11.9 Å². The Balaban J connectivity index is 0.00000225. The molecule has 3 aromatic rings. The van der Waals surface area contributed by atoms with Crippen molar-refractivity contribution < 1.29 is 18.0 Å². The molecule has 150 valence electrons. The number of carbonyl (C=O) groups is 1. The molecule has 1 aromatic carbocycles. The predicted octanol–water partition coefficient (Wildman–Crippen LogP) is 4.87. The van der Waals surface area contributed by atoms with Gasteiger partial charge in [-0.2, -0.15) is 18.3 Å². The zero-order chi connectivity index (χ0) is 19.2. The van der Waals surface area contributed by atoms with Crippen LogP contribution in [0.5, 0.6) is 0 Å². The van der Waals surface area contributed by atoms with Crippen LogP contribution in [0.2, 0.25) is 0 Å². The number of benzene rings is 1. The Morgan fingerprint density at radius 3 is 2.50 bits per heavy atom. The van der Waals surface area contributed by atoms with Gasteiger partial charge in [-0.1, -0.05) is 25.6 Å². The van der Waals surface area contributed by atoms with Gasteiger partial charge in [0.1, 0.15) is 0 Å². The molecule has 1 aliphatic heterocycles. The number of H-pyrrole nitrogens is 1. The summed E-state index contributed by atoms with van der Waals surface area (Å²) in [5, 5.41) is 4.85. The summed E-state index contributed by atoms with van der Waals surface area (Å²) in [6, 6.07) is 6.88. The van der Waals surface area contributed by atoms with E-state index in [0.717, 1.165) is 15.6 Å². The van der Waals surface area contributed by atoms with Crippen molar-refractivity contribution in [2.24, 2.45) is 0 Å². The monoisotopic (exact) mass is 392 g/mol. The van der Waals surface area contributed by atoms with E-state index >= 15 is 0 Å². The minimum absolute atomic E-state index is 0. The molecule has 0 saturated carbocycles. The summed E-state index contributed by atoms with van der Waals surface area (Å²) in [7, 11) is 0. The van der Waals surface area contributed by atoms with Crippen LogP contribution in [0, 0.1) is 0 Å². The summed E-state index contributed by atoms with van der Waals surface area (Å²) in [5.41, 5.74) is 0.621. The number of aromatic amines is 1. The number of amides is 1. The molecule has 5 nitrogen and oxygen atoms in total. The van der Waals surface area contributed by atoms with Gasteiger partial charge in [-0.3, -0.25) is 9.48 Å². The van der Waals surface area contributed by atoms with Gasteiger partial charge in [0.25, 0.3) is 0 Å². The van der Waals surface area contributed by atoms with Gasteiger partial charge < -0.3 is 9.88 Å². The van der Waals surface area contributed by atoms with Crippen molar-refractivity contribution in [3.05, 3.63) is 42.4 Å². The number of aromatic nitrogens is 3. The van der Waals surface area contributed by atoms with Crippen molar-refractivity contribution in [1.82, 2.24) is 19.7 Å². The SMILES string of the molecule is C.CC(=O)N1CCC(n2ncc(-c3c[nH]c4ccccc34)c2C(F)(F)F)CC1. The van der Waals surface area contributed by atoms with E-state index in [2.05, 4.69) is 10.1 Å². The number of halogens is 3. The van der Waals surface area contributed by atoms with Crippen molar-refractivity contribution in [2.75, 3.05) is 13.1 Å². The van der Waals surface area contributed by atoms with Crippen molar-refractivity contribution in [2.45, 2.75) is 39.4 Å². The van der Waals surface area contributed by atoms with E-state index in [1.165, 1.54) is 13.1 Å². The molecule has 1 fully saturated rings. The highest BCUT2D eigenvalue weighted by molar-refractivity contribution is 5.96. The molecule has 4 rings (SSSR count). The molecule has 0 bridgehead atoms. The minimum atomic E-state index is -4.53. The average Bonchev–Trinajstić information content (AvgIpc) is 3.25. The highest BCUT2D eigenvalue weighted by atomic mass is 19.4. The van der Waals surface area contributed by atoms with Crippen molar-refractivity contribution in [3.63, 3.8) is 0 Å².